The Hall–Kier alpha value is -2.21. The van der Waals surface area contributed by atoms with Crippen LogP contribution in [-0.2, 0) is 4.79 Å². The van der Waals surface area contributed by atoms with Crippen molar-refractivity contribution in [3.8, 4) is 0 Å². The van der Waals surface area contributed by atoms with Crippen molar-refractivity contribution in [2.24, 2.45) is 0 Å². The van der Waals surface area contributed by atoms with Crippen LogP contribution in [0.2, 0.25) is 0 Å². The third-order valence-electron chi connectivity index (χ3n) is 5.25. The van der Waals surface area contributed by atoms with Gasteiger partial charge in [-0.1, -0.05) is 25.5 Å². The lowest BCUT2D eigenvalue weighted by Gasteiger charge is -2.36. The highest BCUT2D eigenvalue weighted by molar-refractivity contribution is 5.77. The maximum absolute atomic E-state index is 12.5. The van der Waals surface area contributed by atoms with Crippen LogP contribution in [-0.4, -0.2) is 72.0 Å². The Bertz CT molecular complexity index is 770. The number of piperazine rings is 1. The number of carbonyl (C=O) groups excluding carboxylic acids is 1. The summed E-state index contributed by atoms with van der Waals surface area (Å²) < 4.78 is 0. The number of aromatic nitrogens is 2. The maximum atomic E-state index is 12.5. The fourth-order valence-corrected chi connectivity index (χ4v) is 3.53. The van der Waals surface area contributed by atoms with Gasteiger partial charge in [0.1, 0.15) is 0 Å². The predicted octanol–water partition coefficient (Wildman–Crippen LogP) is 2.71. The Morgan fingerprint density at radius 2 is 1.74 bits per heavy atom. The topological polar surface area (TPSA) is 52.6 Å². The van der Waals surface area contributed by atoms with Gasteiger partial charge in [0, 0.05) is 39.1 Å². The van der Waals surface area contributed by atoms with Crippen LogP contribution >= 0.6 is 0 Å². The summed E-state index contributed by atoms with van der Waals surface area (Å²) >= 11 is 0. The van der Waals surface area contributed by atoms with E-state index in [2.05, 4.69) is 28.8 Å². The predicted molar refractivity (Wildman–Crippen MR) is 110 cm³/mol. The van der Waals surface area contributed by atoms with E-state index in [1.807, 2.05) is 36.1 Å². The lowest BCUT2D eigenvalue weighted by Crippen LogP contribution is -2.49. The quantitative estimate of drug-likeness (QED) is 0.751. The van der Waals surface area contributed by atoms with Crippen LogP contribution in [0.1, 0.15) is 31.9 Å². The second-order valence-electron chi connectivity index (χ2n) is 7.40. The SMILES string of the molecule is CCCCN(C)CCC(=O)N1CCN(c2nc3ccccc3nc2C)CC1. The summed E-state index contributed by atoms with van der Waals surface area (Å²) in [6, 6.07) is 7.97. The molecule has 1 aliphatic heterocycles. The molecule has 0 unspecified atom stereocenters. The van der Waals surface area contributed by atoms with E-state index < -0.39 is 0 Å². The molecule has 27 heavy (non-hydrogen) atoms. The van der Waals surface area contributed by atoms with Crippen LogP contribution in [0.25, 0.3) is 11.0 Å². The molecule has 2 aromatic rings. The first-order chi connectivity index (χ1) is 13.1. The number of para-hydroxylation sites is 2. The van der Waals surface area contributed by atoms with E-state index in [1.165, 1.54) is 12.8 Å². The second-order valence-corrected chi connectivity index (χ2v) is 7.40. The first-order valence-electron chi connectivity index (χ1n) is 10.0. The van der Waals surface area contributed by atoms with Crippen LogP contribution in [0.4, 0.5) is 5.82 Å². The summed E-state index contributed by atoms with van der Waals surface area (Å²) in [5.41, 5.74) is 2.80. The zero-order valence-electron chi connectivity index (χ0n) is 16.8. The van der Waals surface area contributed by atoms with E-state index in [0.717, 1.165) is 61.8 Å². The minimum Gasteiger partial charge on any atom is -0.352 e. The van der Waals surface area contributed by atoms with Gasteiger partial charge >= 0.3 is 0 Å². The summed E-state index contributed by atoms with van der Waals surface area (Å²) in [7, 11) is 2.10. The molecule has 0 atom stereocenters. The number of aryl methyl sites for hydroxylation is 1. The molecule has 6 heteroatoms. The molecule has 0 N–H and O–H groups in total. The smallest absolute Gasteiger partial charge is 0.223 e. The van der Waals surface area contributed by atoms with Crippen LogP contribution in [0, 0.1) is 6.92 Å². The number of nitrogens with zero attached hydrogens (tertiary/aromatic N) is 5. The van der Waals surface area contributed by atoms with Gasteiger partial charge < -0.3 is 14.7 Å². The van der Waals surface area contributed by atoms with Crippen molar-refractivity contribution in [1.29, 1.82) is 0 Å². The number of amides is 1. The van der Waals surface area contributed by atoms with Crippen molar-refractivity contribution in [3.63, 3.8) is 0 Å². The highest BCUT2D eigenvalue weighted by Gasteiger charge is 2.23. The molecule has 1 aromatic heterocycles. The number of benzene rings is 1. The molecule has 146 valence electrons. The van der Waals surface area contributed by atoms with Gasteiger partial charge in [-0.25, -0.2) is 9.97 Å². The number of rotatable bonds is 7. The van der Waals surface area contributed by atoms with Crippen LogP contribution in [0.5, 0.6) is 0 Å². The number of carbonyl (C=O) groups is 1. The summed E-state index contributed by atoms with van der Waals surface area (Å²) in [6.07, 6.45) is 2.99. The molecule has 1 saturated heterocycles. The first kappa shape index (κ1) is 19.5. The average molecular weight is 370 g/mol. The third kappa shape index (κ3) is 4.95. The number of unbranched alkanes of at least 4 members (excludes halogenated alkanes) is 1. The molecule has 6 nitrogen and oxygen atoms in total. The van der Waals surface area contributed by atoms with Crippen LogP contribution < -0.4 is 4.90 Å². The summed E-state index contributed by atoms with van der Waals surface area (Å²) in [6.45, 7) is 9.25. The number of anilines is 1. The molecule has 0 spiro atoms. The Morgan fingerprint density at radius 1 is 1.07 bits per heavy atom. The van der Waals surface area contributed by atoms with Gasteiger partial charge in [0.15, 0.2) is 5.82 Å². The standard InChI is InChI=1S/C21H31N5O/c1-4-5-11-24(3)12-10-20(27)25-13-15-26(16-14-25)21-17(2)22-18-8-6-7-9-19(18)23-21/h6-9H,4-5,10-16H2,1-3H3. The van der Waals surface area contributed by atoms with Crippen LogP contribution in [0.3, 0.4) is 0 Å². The van der Waals surface area contributed by atoms with Gasteiger partial charge in [-0.05, 0) is 39.1 Å². The van der Waals surface area contributed by atoms with E-state index in [-0.39, 0.29) is 5.91 Å². The Kier molecular flexibility index (Phi) is 6.61. The second kappa shape index (κ2) is 9.13. The summed E-state index contributed by atoms with van der Waals surface area (Å²) in [5.74, 6) is 1.21. The van der Waals surface area contributed by atoms with Crippen molar-refractivity contribution < 1.29 is 4.79 Å². The number of hydrogen-bond donors (Lipinski definition) is 0. The number of hydrogen-bond acceptors (Lipinski definition) is 5. The maximum Gasteiger partial charge on any atom is 0.223 e. The monoisotopic (exact) mass is 369 g/mol. The normalized spacial score (nSPS) is 15.0. The van der Waals surface area contributed by atoms with E-state index in [9.17, 15) is 4.79 Å². The van der Waals surface area contributed by atoms with Gasteiger partial charge in [-0.15, -0.1) is 0 Å². The molecule has 0 aliphatic carbocycles. The van der Waals surface area contributed by atoms with Gasteiger partial charge in [-0.2, -0.15) is 0 Å². The molecule has 1 amide bonds. The van der Waals surface area contributed by atoms with Crippen LogP contribution in [0.15, 0.2) is 24.3 Å². The van der Waals surface area contributed by atoms with E-state index in [1.54, 1.807) is 0 Å². The highest BCUT2D eigenvalue weighted by Crippen LogP contribution is 2.21. The van der Waals surface area contributed by atoms with E-state index >= 15 is 0 Å². The molecule has 1 fully saturated rings. The summed E-state index contributed by atoms with van der Waals surface area (Å²) in [4.78, 5) is 28.5. The van der Waals surface area contributed by atoms with Crippen molar-refractivity contribution in [2.45, 2.75) is 33.1 Å². The Labute approximate surface area is 162 Å². The summed E-state index contributed by atoms with van der Waals surface area (Å²) in [5, 5.41) is 0. The van der Waals surface area contributed by atoms with E-state index in [0.29, 0.717) is 6.42 Å². The fraction of sp³-hybridized carbons (Fsp3) is 0.571. The van der Waals surface area contributed by atoms with Gasteiger partial charge in [0.05, 0.1) is 16.7 Å². The molecule has 0 bridgehead atoms. The zero-order chi connectivity index (χ0) is 19.2. The first-order valence-corrected chi connectivity index (χ1v) is 10.0. The molecule has 3 rings (SSSR count). The van der Waals surface area contributed by atoms with Crippen molar-refractivity contribution in [2.75, 3.05) is 51.2 Å². The molecule has 1 aromatic carbocycles. The molecule has 2 heterocycles. The average Bonchev–Trinajstić information content (AvgIpc) is 2.70. The Morgan fingerprint density at radius 3 is 2.41 bits per heavy atom. The Balaban J connectivity index is 1.54. The number of fused-ring (bicyclic) bond motifs is 1. The molecule has 0 radical (unpaired) electrons. The lowest BCUT2D eigenvalue weighted by molar-refractivity contribution is -0.131. The van der Waals surface area contributed by atoms with Crippen molar-refractivity contribution in [3.05, 3.63) is 30.0 Å². The molecular formula is C21H31N5O. The van der Waals surface area contributed by atoms with Gasteiger partial charge in [0.25, 0.3) is 0 Å². The van der Waals surface area contributed by atoms with E-state index in [4.69, 9.17) is 4.98 Å². The molecule has 1 aliphatic rings. The van der Waals surface area contributed by atoms with Crippen molar-refractivity contribution in [1.82, 2.24) is 19.8 Å². The highest BCUT2D eigenvalue weighted by atomic mass is 16.2. The minimum absolute atomic E-state index is 0.263. The fourth-order valence-electron chi connectivity index (χ4n) is 3.53. The van der Waals surface area contributed by atoms with Gasteiger partial charge in [-0.3, -0.25) is 4.79 Å². The zero-order valence-corrected chi connectivity index (χ0v) is 16.8. The largest absolute Gasteiger partial charge is 0.352 e. The van der Waals surface area contributed by atoms with Gasteiger partial charge in [0.2, 0.25) is 5.91 Å². The van der Waals surface area contributed by atoms with Crippen molar-refractivity contribution >= 4 is 22.8 Å². The third-order valence-corrected chi connectivity index (χ3v) is 5.25. The minimum atomic E-state index is 0.263. The molecule has 0 saturated carbocycles. The molecular weight excluding hydrogens is 338 g/mol. The lowest BCUT2D eigenvalue weighted by atomic mass is 10.2.